The highest BCUT2D eigenvalue weighted by Gasteiger charge is 2.07. The Kier molecular flexibility index (Phi) is 5.34. The average molecular weight is 381 g/mol. The van der Waals surface area contributed by atoms with Gasteiger partial charge in [0.15, 0.2) is 0 Å². The van der Waals surface area contributed by atoms with Crippen molar-refractivity contribution in [3.8, 4) is 0 Å². The lowest BCUT2D eigenvalue weighted by atomic mass is 10.3. The first-order chi connectivity index (χ1) is 9.69. The third-order valence-electron chi connectivity index (χ3n) is 2.68. The average Bonchev–Trinajstić information content (AvgIpc) is 2.48. The van der Waals surface area contributed by atoms with Crippen molar-refractivity contribution in [1.82, 2.24) is 4.98 Å². The van der Waals surface area contributed by atoms with Crippen LogP contribution in [0.4, 0.5) is 11.4 Å². The molecular formula is C15H16IN3O. The Balaban J connectivity index is 2.00. The molecule has 2 rings (SSSR count). The minimum atomic E-state index is -0.201. The molecule has 0 radical (unpaired) electrons. The van der Waals surface area contributed by atoms with E-state index in [0.717, 1.165) is 27.9 Å². The Bertz CT molecular complexity index is 567. The third kappa shape index (κ3) is 4.19. The van der Waals surface area contributed by atoms with Crippen LogP contribution in [-0.4, -0.2) is 17.4 Å². The number of halogens is 1. The lowest BCUT2D eigenvalue weighted by Gasteiger charge is -2.07. The van der Waals surface area contributed by atoms with E-state index in [1.54, 1.807) is 12.3 Å². The van der Waals surface area contributed by atoms with Gasteiger partial charge in [-0.2, -0.15) is 0 Å². The molecule has 1 amide bonds. The van der Waals surface area contributed by atoms with E-state index < -0.39 is 0 Å². The van der Waals surface area contributed by atoms with Gasteiger partial charge >= 0.3 is 0 Å². The van der Waals surface area contributed by atoms with Crippen LogP contribution in [0.5, 0.6) is 0 Å². The van der Waals surface area contributed by atoms with Crippen LogP contribution < -0.4 is 10.6 Å². The maximum Gasteiger partial charge on any atom is 0.274 e. The maximum absolute atomic E-state index is 12.0. The van der Waals surface area contributed by atoms with E-state index in [0.29, 0.717) is 5.69 Å². The van der Waals surface area contributed by atoms with Crippen LogP contribution in [0, 0.1) is 3.57 Å². The summed E-state index contributed by atoms with van der Waals surface area (Å²) in [6, 6.07) is 11.2. The van der Waals surface area contributed by atoms with Crippen LogP contribution in [0.25, 0.3) is 0 Å². The Morgan fingerprint density at radius 2 is 1.85 bits per heavy atom. The first kappa shape index (κ1) is 14.8. The summed E-state index contributed by atoms with van der Waals surface area (Å²) in [4.78, 5) is 16.2. The maximum atomic E-state index is 12.0. The molecule has 0 saturated carbocycles. The van der Waals surface area contributed by atoms with E-state index in [-0.39, 0.29) is 5.91 Å². The van der Waals surface area contributed by atoms with Gasteiger partial charge in [-0.3, -0.25) is 4.79 Å². The van der Waals surface area contributed by atoms with Gasteiger partial charge in [-0.15, -0.1) is 0 Å². The summed E-state index contributed by atoms with van der Waals surface area (Å²) in [5, 5.41) is 6.04. The molecular weight excluding hydrogens is 365 g/mol. The van der Waals surface area contributed by atoms with E-state index in [1.165, 1.54) is 0 Å². The molecule has 2 aromatic rings. The van der Waals surface area contributed by atoms with Crippen LogP contribution in [0.15, 0.2) is 42.6 Å². The van der Waals surface area contributed by atoms with Crippen molar-refractivity contribution < 1.29 is 4.79 Å². The zero-order valence-corrected chi connectivity index (χ0v) is 13.3. The molecule has 0 spiro atoms. The lowest BCUT2D eigenvalue weighted by molar-refractivity contribution is 0.102. The second kappa shape index (κ2) is 7.23. The van der Waals surface area contributed by atoms with E-state index in [9.17, 15) is 4.79 Å². The van der Waals surface area contributed by atoms with Gasteiger partial charge in [0.25, 0.3) is 5.91 Å². The topological polar surface area (TPSA) is 54.0 Å². The number of nitrogens with zero attached hydrogens (tertiary/aromatic N) is 1. The molecule has 0 aliphatic carbocycles. The van der Waals surface area contributed by atoms with E-state index in [4.69, 9.17) is 0 Å². The fraction of sp³-hybridized carbons (Fsp3) is 0.200. The molecule has 0 aliphatic rings. The smallest absolute Gasteiger partial charge is 0.274 e. The van der Waals surface area contributed by atoms with Gasteiger partial charge in [0.2, 0.25) is 0 Å². The quantitative estimate of drug-likeness (QED) is 0.776. The number of pyridine rings is 1. The van der Waals surface area contributed by atoms with Crippen LogP contribution in [0.3, 0.4) is 0 Å². The molecule has 2 N–H and O–H groups in total. The molecule has 20 heavy (non-hydrogen) atoms. The van der Waals surface area contributed by atoms with Gasteiger partial charge in [-0.25, -0.2) is 4.98 Å². The van der Waals surface area contributed by atoms with Gasteiger partial charge in [0.05, 0.1) is 11.9 Å². The first-order valence-corrected chi connectivity index (χ1v) is 7.54. The van der Waals surface area contributed by atoms with Crippen molar-refractivity contribution >= 4 is 39.9 Å². The summed E-state index contributed by atoms with van der Waals surface area (Å²) in [7, 11) is 0. The highest BCUT2D eigenvalue weighted by atomic mass is 127. The van der Waals surface area contributed by atoms with Crippen LogP contribution in [-0.2, 0) is 0 Å². The normalized spacial score (nSPS) is 10.1. The molecule has 0 saturated heterocycles. The number of carbonyl (C=O) groups is 1. The summed E-state index contributed by atoms with van der Waals surface area (Å²) >= 11 is 2.22. The number of hydrogen-bond acceptors (Lipinski definition) is 3. The molecule has 0 unspecified atom stereocenters. The first-order valence-electron chi connectivity index (χ1n) is 6.46. The van der Waals surface area contributed by atoms with Gasteiger partial charge < -0.3 is 10.6 Å². The molecule has 1 heterocycles. The summed E-state index contributed by atoms with van der Waals surface area (Å²) < 4.78 is 1.13. The molecule has 0 aliphatic heterocycles. The number of rotatable bonds is 5. The second-order valence-corrected chi connectivity index (χ2v) is 5.57. The van der Waals surface area contributed by atoms with Crippen molar-refractivity contribution in [2.24, 2.45) is 0 Å². The minimum Gasteiger partial charge on any atom is -0.384 e. The second-order valence-electron chi connectivity index (χ2n) is 4.32. The Morgan fingerprint density at radius 3 is 2.45 bits per heavy atom. The van der Waals surface area contributed by atoms with Crippen molar-refractivity contribution in [1.29, 1.82) is 0 Å². The summed E-state index contributed by atoms with van der Waals surface area (Å²) in [5.41, 5.74) is 2.11. The van der Waals surface area contributed by atoms with E-state index in [1.807, 2.05) is 30.3 Å². The number of nitrogens with one attached hydrogen (secondary N) is 2. The molecule has 4 nitrogen and oxygen atoms in total. The van der Waals surface area contributed by atoms with Crippen molar-refractivity contribution in [2.45, 2.75) is 13.3 Å². The number of anilines is 2. The molecule has 104 valence electrons. The molecule has 0 bridgehead atoms. The Hall–Kier alpha value is -1.63. The predicted molar refractivity (Wildman–Crippen MR) is 90.1 cm³/mol. The van der Waals surface area contributed by atoms with E-state index >= 15 is 0 Å². The zero-order chi connectivity index (χ0) is 14.4. The van der Waals surface area contributed by atoms with Crippen molar-refractivity contribution in [3.05, 3.63) is 51.9 Å². The molecule has 1 aromatic carbocycles. The van der Waals surface area contributed by atoms with Crippen LogP contribution in [0.1, 0.15) is 23.8 Å². The standard InChI is InChI=1S/C15H16IN3O/c1-2-9-17-13-7-8-14(18-10-13)15(20)19-12-5-3-11(16)4-6-12/h3-8,10,17H,2,9H2,1H3,(H,19,20). The fourth-order valence-electron chi connectivity index (χ4n) is 1.63. The monoisotopic (exact) mass is 381 g/mol. The number of hydrogen-bond donors (Lipinski definition) is 2. The number of amides is 1. The number of carbonyl (C=O) groups excluding carboxylic acids is 1. The highest BCUT2D eigenvalue weighted by Crippen LogP contribution is 2.13. The zero-order valence-electron chi connectivity index (χ0n) is 11.2. The lowest BCUT2D eigenvalue weighted by Crippen LogP contribution is -2.13. The van der Waals surface area contributed by atoms with Gasteiger partial charge in [0, 0.05) is 15.8 Å². The molecule has 5 heteroatoms. The fourth-order valence-corrected chi connectivity index (χ4v) is 1.99. The Morgan fingerprint density at radius 1 is 1.15 bits per heavy atom. The summed E-state index contributed by atoms with van der Waals surface area (Å²) in [6.45, 7) is 3.00. The molecule has 1 aromatic heterocycles. The minimum absolute atomic E-state index is 0.201. The highest BCUT2D eigenvalue weighted by molar-refractivity contribution is 14.1. The third-order valence-corrected chi connectivity index (χ3v) is 3.40. The summed E-state index contributed by atoms with van der Waals surface area (Å²) in [6.07, 6.45) is 2.73. The van der Waals surface area contributed by atoms with Crippen LogP contribution in [0.2, 0.25) is 0 Å². The predicted octanol–water partition coefficient (Wildman–Crippen LogP) is 3.76. The van der Waals surface area contributed by atoms with Crippen molar-refractivity contribution in [2.75, 3.05) is 17.2 Å². The summed E-state index contributed by atoms with van der Waals surface area (Å²) in [5.74, 6) is -0.201. The number of benzene rings is 1. The Labute approximate surface area is 132 Å². The van der Waals surface area contributed by atoms with Gasteiger partial charge in [-0.05, 0) is 65.4 Å². The molecule has 0 fully saturated rings. The van der Waals surface area contributed by atoms with Gasteiger partial charge in [-0.1, -0.05) is 6.92 Å². The largest absolute Gasteiger partial charge is 0.384 e. The molecule has 0 atom stereocenters. The number of aromatic nitrogens is 1. The SMILES string of the molecule is CCCNc1ccc(C(=O)Nc2ccc(I)cc2)nc1. The van der Waals surface area contributed by atoms with Crippen LogP contribution >= 0.6 is 22.6 Å². The van der Waals surface area contributed by atoms with Crippen molar-refractivity contribution in [3.63, 3.8) is 0 Å². The van der Waals surface area contributed by atoms with E-state index in [2.05, 4.69) is 45.1 Å². The van der Waals surface area contributed by atoms with Gasteiger partial charge in [0.1, 0.15) is 5.69 Å².